The first-order chi connectivity index (χ1) is 8.56. The van der Waals surface area contributed by atoms with E-state index in [-0.39, 0.29) is 17.6 Å². The van der Waals surface area contributed by atoms with Crippen LogP contribution in [0, 0.1) is 17.2 Å². The standard InChI is InChI=1S/C11H10BrClN4O/c12-11-7(4-14)8(2-9(15)16-11)17-5-6(3-13)1-10(17)18/h2,6H,1,3,5H2,(H2,15,16). The highest BCUT2D eigenvalue weighted by atomic mass is 79.9. The van der Waals surface area contributed by atoms with E-state index in [0.717, 1.165) is 0 Å². The minimum Gasteiger partial charge on any atom is -0.384 e. The van der Waals surface area contributed by atoms with Gasteiger partial charge in [-0.25, -0.2) is 4.98 Å². The van der Waals surface area contributed by atoms with Gasteiger partial charge in [0.2, 0.25) is 5.91 Å². The van der Waals surface area contributed by atoms with Crippen LogP contribution in [0.25, 0.3) is 0 Å². The smallest absolute Gasteiger partial charge is 0.227 e. The van der Waals surface area contributed by atoms with Crippen LogP contribution in [0.5, 0.6) is 0 Å². The van der Waals surface area contributed by atoms with Crippen molar-refractivity contribution >= 4 is 44.9 Å². The van der Waals surface area contributed by atoms with E-state index in [4.69, 9.17) is 22.6 Å². The lowest BCUT2D eigenvalue weighted by atomic mass is 10.1. The second-order valence-corrected chi connectivity index (χ2v) is 5.13. The van der Waals surface area contributed by atoms with Crippen molar-refractivity contribution in [3.8, 4) is 6.07 Å². The molecule has 1 aliphatic heterocycles. The molecule has 1 saturated heterocycles. The van der Waals surface area contributed by atoms with Gasteiger partial charge in [-0.05, 0) is 21.8 Å². The van der Waals surface area contributed by atoms with Crippen LogP contribution in [-0.4, -0.2) is 23.3 Å². The normalized spacial score (nSPS) is 19.1. The molecule has 0 aliphatic carbocycles. The third-order valence-electron chi connectivity index (χ3n) is 2.80. The van der Waals surface area contributed by atoms with Crippen LogP contribution in [0.3, 0.4) is 0 Å². The Morgan fingerprint density at radius 3 is 3.00 bits per heavy atom. The average molecular weight is 330 g/mol. The topological polar surface area (TPSA) is 83.0 Å². The maximum absolute atomic E-state index is 11.9. The minimum absolute atomic E-state index is 0.0466. The zero-order chi connectivity index (χ0) is 13.3. The first kappa shape index (κ1) is 13.1. The number of nitriles is 1. The van der Waals surface area contributed by atoms with Gasteiger partial charge in [-0.1, -0.05) is 0 Å². The molecule has 1 aromatic rings. The molecule has 0 aromatic carbocycles. The average Bonchev–Trinajstić information content (AvgIpc) is 2.69. The van der Waals surface area contributed by atoms with E-state index in [9.17, 15) is 4.79 Å². The molecule has 1 aromatic heterocycles. The summed E-state index contributed by atoms with van der Waals surface area (Å²) in [7, 11) is 0. The number of rotatable bonds is 2. The van der Waals surface area contributed by atoms with E-state index in [2.05, 4.69) is 20.9 Å². The molecule has 1 atom stereocenters. The van der Waals surface area contributed by atoms with E-state index in [1.54, 1.807) is 4.90 Å². The number of nitrogens with zero attached hydrogens (tertiary/aromatic N) is 3. The molecule has 2 heterocycles. The zero-order valence-corrected chi connectivity index (χ0v) is 11.7. The van der Waals surface area contributed by atoms with Gasteiger partial charge in [0.25, 0.3) is 0 Å². The lowest BCUT2D eigenvalue weighted by Crippen LogP contribution is -2.26. The molecule has 18 heavy (non-hydrogen) atoms. The summed E-state index contributed by atoms with van der Waals surface area (Å²) in [6.45, 7) is 0.507. The molecule has 7 heteroatoms. The molecule has 5 nitrogen and oxygen atoms in total. The summed E-state index contributed by atoms with van der Waals surface area (Å²) in [4.78, 5) is 17.4. The lowest BCUT2D eigenvalue weighted by Gasteiger charge is -2.18. The van der Waals surface area contributed by atoms with Crippen molar-refractivity contribution in [2.75, 3.05) is 23.1 Å². The number of alkyl halides is 1. The Labute approximate surface area is 118 Å². The number of aromatic nitrogens is 1. The van der Waals surface area contributed by atoms with Crippen LogP contribution >= 0.6 is 27.5 Å². The van der Waals surface area contributed by atoms with Crippen LogP contribution in [-0.2, 0) is 4.79 Å². The molecule has 0 bridgehead atoms. The molecule has 94 valence electrons. The van der Waals surface area contributed by atoms with Gasteiger partial charge in [0, 0.05) is 24.9 Å². The van der Waals surface area contributed by atoms with Gasteiger partial charge < -0.3 is 10.6 Å². The third-order valence-corrected chi connectivity index (χ3v) is 3.81. The predicted octanol–water partition coefficient (Wildman–Crippen LogP) is 1.89. The number of nitrogen functional groups attached to an aromatic ring is 1. The molecule has 0 radical (unpaired) electrons. The molecular weight excluding hydrogens is 320 g/mol. The quantitative estimate of drug-likeness (QED) is 0.663. The minimum atomic E-state index is -0.0466. The van der Waals surface area contributed by atoms with E-state index < -0.39 is 0 Å². The van der Waals surface area contributed by atoms with E-state index in [0.29, 0.717) is 34.7 Å². The molecule has 1 amide bonds. The van der Waals surface area contributed by atoms with Crippen molar-refractivity contribution in [1.82, 2.24) is 4.98 Å². The zero-order valence-electron chi connectivity index (χ0n) is 9.36. The summed E-state index contributed by atoms with van der Waals surface area (Å²) in [5.74, 6) is 0.748. The Kier molecular flexibility index (Phi) is 3.73. The number of amides is 1. The van der Waals surface area contributed by atoms with Crippen LogP contribution < -0.4 is 10.6 Å². The Hall–Kier alpha value is -1.32. The van der Waals surface area contributed by atoms with Crippen LogP contribution in [0.1, 0.15) is 12.0 Å². The number of anilines is 2. The summed E-state index contributed by atoms with van der Waals surface area (Å²) in [6.07, 6.45) is 0.397. The lowest BCUT2D eigenvalue weighted by molar-refractivity contribution is -0.117. The van der Waals surface area contributed by atoms with E-state index >= 15 is 0 Å². The molecule has 1 aliphatic rings. The largest absolute Gasteiger partial charge is 0.384 e. The molecule has 2 rings (SSSR count). The fraction of sp³-hybridized carbons (Fsp3) is 0.364. The maximum Gasteiger partial charge on any atom is 0.227 e. The monoisotopic (exact) mass is 328 g/mol. The third kappa shape index (κ3) is 2.28. The fourth-order valence-corrected chi connectivity index (χ4v) is 2.66. The fourth-order valence-electron chi connectivity index (χ4n) is 1.95. The number of pyridine rings is 1. The Morgan fingerprint density at radius 1 is 1.72 bits per heavy atom. The van der Waals surface area contributed by atoms with Gasteiger partial charge in [-0.3, -0.25) is 4.79 Å². The molecule has 0 saturated carbocycles. The van der Waals surface area contributed by atoms with Crippen LogP contribution in [0.4, 0.5) is 11.5 Å². The van der Waals surface area contributed by atoms with Crippen molar-refractivity contribution in [3.63, 3.8) is 0 Å². The van der Waals surface area contributed by atoms with Gasteiger partial charge in [0.15, 0.2) is 0 Å². The molecular formula is C11H10BrClN4O. The van der Waals surface area contributed by atoms with Crippen molar-refractivity contribution < 1.29 is 4.79 Å². The van der Waals surface area contributed by atoms with Gasteiger partial charge in [-0.2, -0.15) is 5.26 Å². The summed E-state index contributed by atoms with van der Waals surface area (Å²) < 4.78 is 0.349. The van der Waals surface area contributed by atoms with E-state index in [1.165, 1.54) is 6.07 Å². The number of carbonyl (C=O) groups excluding carboxylic acids is 1. The Bertz CT molecular complexity index is 543. The van der Waals surface area contributed by atoms with E-state index in [1.807, 2.05) is 6.07 Å². The van der Waals surface area contributed by atoms with Crippen LogP contribution in [0.15, 0.2) is 10.7 Å². The van der Waals surface area contributed by atoms with Crippen molar-refractivity contribution in [3.05, 3.63) is 16.2 Å². The van der Waals surface area contributed by atoms with Gasteiger partial charge in [-0.15, -0.1) is 11.6 Å². The van der Waals surface area contributed by atoms with Gasteiger partial charge in [0.05, 0.1) is 5.69 Å². The number of hydrogen-bond donors (Lipinski definition) is 1. The number of carbonyl (C=O) groups is 1. The molecule has 1 fully saturated rings. The predicted molar refractivity (Wildman–Crippen MR) is 72.2 cm³/mol. The van der Waals surface area contributed by atoms with Crippen molar-refractivity contribution in [2.24, 2.45) is 5.92 Å². The maximum atomic E-state index is 11.9. The highest BCUT2D eigenvalue weighted by Gasteiger charge is 2.32. The number of nitrogens with two attached hydrogens (primary N) is 1. The van der Waals surface area contributed by atoms with Gasteiger partial charge in [0.1, 0.15) is 22.1 Å². The number of hydrogen-bond acceptors (Lipinski definition) is 4. The highest BCUT2D eigenvalue weighted by molar-refractivity contribution is 9.10. The SMILES string of the molecule is N#Cc1c(N2CC(CCl)CC2=O)cc(N)nc1Br. The summed E-state index contributed by atoms with van der Waals surface area (Å²) in [5, 5.41) is 9.14. The summed E-state index contributed by atoms with van der Waals surface area (Å²) in [5.41, 5.74) is 6.46. The summed E-state index contributed by atoms with van der Waals surface area (Å²) in [6, 6.07) is 3.57. The second kappa shape index (κ2) is 5.12. The van der Waals surface area contributed by atoms with Gasteiger partial charge >= 0.3 is 0 Å². The highest BCUT2D eigenvalue weighted by Crippen LogP contribution is 2.32. The first-order valence-electron chi connectivity index (χ1n) is 5.29. The molecule has 1 unspecified atom stereocenters. The Morgan fingerprint density at radius 2 is 2.44 bits per heavy atom. The first-order valence-corrected chi connectivity index (χ1v) is 6.62. The van der Waals surface area contributed by atoms with Crippen molar-refractivity contribution in [2.45, 2.75) is 6.42 Å². The molecule has 0 spiro atoms. The Balaban J connectivity index is 2.46. The second-order valence-electron chi connectivity index (χ2n) is 4.07. The summed E-state index contributed by atoms with van der Waals surface area (Å²) >= 11 is 8.95. The molecule has 2 N–H and O–H groups in total. The number of halogens is 2. The van der Waals surface area contributed by atoms with Crippen molar-refractivity contribution in [1.29, 1.82) is 5.26 Å². The van der Waals surface area contributed by atoms with Crippen LogP contribution in [0.2, 0.25) is 0 Å².